The Labute approximate surface area is 323 Å². The number of ether oxygens (including phenoxy) is 2. The number of carbonyl (C=O) groups is 2. The molecule has 43 heavy (non-hydrogen) atoms. The van der Waals surface area contributed by atoms with Gasteiger partial charge in [-0.3, -0.25) is 9.80 Å². The van der Waals surface area contributed by atoms with Crippen LogP contribution in [0.15, 0.2) is 20.0 Å². The van der Waals surface area contributed by atoms with Crippen molar-refractivity contribution in [2.24, 2.45) is 0 Å². The molecule has 0 spiro atoms. The largest absolute Gasteiger partial charge is 1.00 e. The molecule has 2 saturated heterocycles. The minimum atomic E-state index is -3.11. The van der Waals surface area contributed by atoms with Crippen molar-refractivity contribution >= 4 is 71.0 Å². The van der Waals surface area contributed by atoms with Crippen LogP contribution in [0, 0.1) is 0 Å². The van der Waals surface area contributed by atoms with Crippen LogP contribution in [-0.2, 0) is 28.9 Å². The van der Waals surface area contributed by atoms with Crippen LogP contribution in [0.4, 0.5) is 9.59 Å². The van der Waals surface area contributed by atoms with Crippen LogP contribution in [-0.4, -0.2) is 70.8 Å². The summed E-state index contributed by atoms with van der Waals surface area (Å²) in [7, 11) is -3.11. The Balaban J connectivity index is 0.000000702. The van der Waals surface area contributed by atoms with Crippen molar-refractivity contribution in [2.45, 2.75) is 90.5 Å². The molecule has 2 N–H and O–H groups in total. The third kappa shape index (κ3) is 15.2. The van der Waals surface area contributed by atoms with Crippen molar-refractivity contribution in [3.05, 3.63) is 31.7 Å². The number of carbonyl (C=O) groups excluding carboxylic acids is 2. The molecule has 2 aliphatic rings. The number of aromatic nitrogens is 4. The number of H-pyrrole nitrogens is 2. The normalized spacial score (nSPS) is 18.0. The summed E-state index contributed by atoms with van der Waals surface area (Å²) in [5.41, 5.74) is -0.942. The van der Waals surface area contributed by atoms with Gasteiger partial charge in [-0.1, -0.05) is 0 Å². The first-order chi connectivity index (χ1) is 18.9. The molecule has 4 heterocycles. The summed E-state index contributed by atoms with van der Waals surface area (Å²) in [4.78, 5) is 42.7. The number of amides is 2. The monoisotopic (exact) mass is 834 g/mol. The van der Waals surface area contributed by atoms with Gasteiger partial charge in [-0.25, -0.2) is 19.6 Å². The number of imidazole rings is 2. The number of halogens is 3. The van der Waals surface area contributed by atoms with Gasteiger partial charge in [-0.15, -0.1) is 0 Å². The molecular weight excluding hydrogens is 802 g/mol. The van der Waals surface area contributed by atoms with Gasteiger partial charge in [0, 0.05) is 13.1 Å². The van der Waals surface area contributed by atoms with Crippen molar-refractivity contribution < 1.29 is 91.1 Å². The predicted molar refractivity (Wildman–Crippen MR) is 160 cm³/mol. The van der Waals surface area contributed by atoms with Crippen molar-refractivity contribution in [3.63, 3.8) is 0 Å². The van der Waals surface area contributed by atoms with E-state index in [1.165, 1.54) is 0 Å². The molecule has 19 heteroatoms. The average Bonchev–Trinajstić information content (AvgIpc) is 3.58. The van der Waals surface area contributed by atoms with Gasteiger partial charge in [0.2, 0.25) is 0 Å². The Hall–Kier alpha value is 0.310. The molecule has 2 fully saturated rings. The van der Waals surface area contributed by atoms with E-state index in [4.69, 9.17) is 22.4 Å². The zero-order valence-corrected chi connectivity index (χ0v) is 35.2. The zero-order chi connectivity index (χ0) is 31.1. The second-order valence-electron chi connectivity index (χ2n) is 11.2. The minimum Gasteiger partial charge on any atom is -0.917 e. The van der Waals surface area contributed by atoms with Crippen LogP contribution in [0.1, 0.15) is 91.0 Å². The number of aromatic amines is 2. The molecule has 4 rings (SSSR count). The second-order valence-corrected chi connectivity index (χ2v) is 14.0. The van der Waals surface area contributed by atoms with Crippen molar-refractivity contribution in [1.82, 2.24) is 29.7 Å². The molecule has 2 aliphatic heterocycles. The Morgan fingerprint density at radius 1 is 0.884 bits per heavy atom. The Morgan fingerprint density at radius 3 is 1.63 bits per heavy atom. The summed E-state index contributed by atoms with van der Waals surface area (Å²) in [6.07, 6.45) is 4.91. The van der Waals surface area contributed by atoms with E-state index in [1.807, 2.05) is 41.5 Å². The molecule has 2 atom stereocenters. The van der Waals surface area contributed by atoms with Crippen LogP contribution in [0.25, 0.3) is 0 Å². The number of rotatable bonds is 2. The maximum absolute atomic E-state index is 12.2. The van der Waals surface area contributed by atoms with E-state index in [-0.39, 0.29) is 83.4 Å². The maximum atomic E-state index is 12.2. The molecule has 0 aliphatic carbocycles. The molecular formula is C24H35Br3N6Na2O7S. The first-order valence-corrected chi connectivity index (χ1v) is 16.1. The third-order valence-corrected chi connectivity index (χ3v) is 7.68. The van der Waals surface area contributed by atoms with Gasteiger partial charge >= 0.3 is 71.3 Å². The SMILES string of the molecule is CC(C)(C)OC(=O)N1CCC[C@H]1c1nc(Br)c(Br)[nH]1.CC(C)(C)OC(=O)N1CCC[C@H]1c1ncc(Br)[nH]1.O=[S-](=O)[O-].[Na+].[Na+]. The average molecular weight is 837 g/mol. The summed E-state index contributed by atoms with van der Waals surface area (Å²) in [5, 5.41) is 0. The van der Waals surface area contributed by atoms with Crippen LogP contribution >= 0.6 is 47.8 Å². The number of likely N-dealkylation sites (tertiary alicyclic amines) is 2. The topological polar surface area (TPSA) is 174 Å². The fourth-order valence-electron chi connectivity index (χ4n) is 4.17. The van der Waals surface area contributed by atoms with E-state index < -0.39 is 22.2 Å². The minimum absolute atomic E-state index is 0. The van der Waals surface area contributed by atoms with E-state index in [9.17, 15) is 9.59 Å². The van der Waals surface area contributed by atoms with Crippen LogP contribution < -0.4 is 59.1 Å². The standard InChI is InChI=1S/C12H17Br2N3O2.C12H18BrN3O2.2Na.O3S/c1-12(2,3)19-11(18)17-6-4-5-7(17)10-15-8(13)9(14)16-10;1-12(2,3)18-11(17)16-6-4-5-8(16)10-14-7-9(13)15-10;;;1-4(2)3/h7H,4-6H2,1-3H3,(H,15,16);7-8H,4-6H2,1-3H3,(H,14,15);;;/q;;2*+1;-2/t7-;8-;;;/m00.../s1. The van der Waals surface area contributed by atoms with Gasteiger partial charge < -0.3 is 32.4 Å². The number of nitrogens with zero attached hydrogens (tertiary/aromatic N) is 4. The van der Waals surface area contributed by atoms with E-state index in [0.29, 0.717) is 6.54 Å². The fraction of sp³-hybridized carbons (Fsp3) is 0.667. The molecule has 232 valence electrons. The van der Waals surface area contributed by atoms with Crippen LogP contribution in [0.3, 0.4) is 0 Å². The Kier molecular flexibility index (Phi) is 19.3. The molecule has 13 nitrogen and oxygen atoms in total. The molecule has 0 saturated carbocycles. The summed E-state index contributed by atoms with van der Waals surface area (Å²) in [6, 6.07) is -0.0522. The molecule has 0 radical (unpaired) electrons. The predicted octanol–water partition coefficient (Wildman–Crippen LogP) is 0.685. The summed E-state index contributed by atoms with van der Waals surface area (Å²) in [5.74, 6) is 1.59. The van der Waals surface area contributed by atoms with Gasteiger partial charge in [0.05, 0.1) is 18.3 Å². The quantitative estimate of drug-likeness (QED) is 0.191. The molecule has 2 amide bonds. The maximum Gasteiger partial charge on any atom is 1.00 e. The zero-order valence-electron chi connectivity index (χ0n) is 25.7. The number of hydrogen-bond donors (Lipinski definition) is 2. The summed E-state index contributed by atoms with van der Waals surface area (Å²) < 4.78 is 38.5. The second kappa shape index (κ2) is 19.2. The van der Waals surface area contributed by atoms with Gasteiger partial charge in [0.25, 0.3) is 0 Å². The van der Waals surface area contributed by atoms with Crippen molar-refractivity contribution in [3.8, 4) is 0 Å². The van der Waals surface area contributed by atoms with Crippen LogP contribution in [0.5, 0.6) is 0 Å². The van der Waals surface area contributed by atoms with E-state index in [1.54, 1.807) is 16.0 Å². The van der Waals surface area contributed by atoms with Gasteiger partial charge in [-0.2, -0.15) is 11.0 Å². The van der Waals surface area contributed by atoms with Gasteiger partial charge in [0.15, 0.2) is 0 Å². The van der Waals surface area contributed by atoms with E-state index in [2.05, 4.69) is 67.7 Å². The Bertz CT molecular complexity index is 1240. The van der Waals surface area contributed by atoms with Crippen molar-refractivity contribution in [1.29, 1.82) is 0 Å². The summed E-state index contributed by atoms with van der Waals surface area (Å²) >= 11 is 10.0. The number of hydrogen-bond acceptors (Lipinski definition) is 10. The molecule has 0 aromatic carbocycles. The smallest absolute Gasteiger partial charge is 0.917 e. The third-order valence-electron chi connectivity index (χ3n) is 5.59. The Morgan fingerprint density at radius 2 is 1.30 bits per heavy atom. The van der Waals surface area contributed by atoms with E-state index in [0.717, 1.165) is 57.7 Å². The fourth-order valence-corrected chi connectivity index (χ4v) is 5.05. The molecule has 2 aromatic rings. The van der Waals surface area contributed by atoms with E-state index >= 15 is 0 Å². The first kappa shape index (κ1) is 43.3. The number of nitrogens with one attached hydrogen (secondary N) is 2. The van der Waals surface area contributed by atoms with Gasteiger partial charge in [0.1, 0.15) is 36.7 Å². The summed E-state index contributed by atoms with van der Waals surface area (Å²) in [6.45, 7) is 12.7. The first-order valence-electron chi connectivity index (χ1n) is 12.7. The van der Waals surface area contributed by atoms with Crippen LogP contribution in [0.2, 0.25) is 0 Å². The molecule has 2 aromatic heterocycles. The molecule has 0 bridgehead atoms. The van der Waals surface area contributed by atoms with Gasteiger partial charge in [-0.05, 0) is 115 Å². The molecule has 0 unspecified atom stereocenters. The van der Waals surface area contributed by atoms with Crippen molar-refractivity contribution in [2.75, 3.05) is 13.1 Å².